The lowest BCUT2D eigenvalue weighted by atomic mass is 10.0. The molecule has 0 saturated carbocycles. The zero-order chi connectivity index (χ0) is 23.8. The van der Waals surface area contributed by atoms with Crippen molar-refractivity contribution in [1.82, 2.24) is 19.9 Å². The number of nitrogen functional groups attached to an aromatic ring is 1. The summed E-state index contributed by atoms with van der Waals surface area (Å²) in [6, 6.07) is 15.8. The standard InChI is InChI=1S/C26H22FN7/c1-34(2)19-10-16(12-30-14-19)17-11-21(25(29)31-13-17)23(28)26-32-22-8-4-7-20(24(22)33-26)15-5-3-6-18(27)9-15/h3-14,28H,1-2H3,(H2,29,31)(H,32,33). The molecule has 8 heteroatoms. The van der Waals surface area contributed by atoms with Gasteiger partial charge in [0, 0.05) is 48.7 Å². The largest absolute Gasteiger partial charge is 0.383 e. The van der Waals surface area contributed by atoms with Gasteiger partial charge in [0.25, 0.3) is 0 Å². The van der Waals surface area contributed by atoms with E-state index in [2.05, 4.69) is 19.9 Å². The number of fused-ring (bicyclic) bond motifs is 1. The summed E-state index contributed by atoms with van der Waals surface area (Å²) >= 11 is 0. The van der Waals surface area contributed by atoms with Crippen LogP contribution < -0.4 is 10.6 Å². The van der Waals surface area contributed by atoms with Crippen LogP contribution in [-0.2, 0) is 0 Å². The van der Waals surface area contributed by atoms with Crippen LogP contribution in [0.5, 0.6) is 0 Å². The Labute approximate surface area is 195 Å². The third kappa shape index (κ3) is 3.86. The molecule has 0 bridgehead atoms. The summed E-state index contributed by atoms with van der Waals surface area (Å²) < 4.78 is 13.8. The lowest BCUT2D eigenvalue weighted by molar-refractivity contribution is 0.628. The van der Waals surface area contributed by atoms with Crippen LogP contribution in [0.25, 0.3) is 33.3 Å². The summed E-state index contributed by atoms with van der Waals surface area (Å²) in [5.74, 6) is 0.266. The summed E-state index contributed by atoms with van der Waals surface area (Å²) in [5.41, 5.74) is 12.2. The van der Waals surface area contributed by atoms with Crippen LogP contribution in [0.15, 0.2) is 73.2 Å². The first-order chi connectivity index (χ1) is 16.4. The number of H-pyrrole nitrogens is 1. The van der Waals surface area contributed by atoms with Gasteiger partial charge in [-0.15, -0.1) is 0 Å². The quantitative estimate of drug-likeness (QED) is 0.330. The van der Waals surface area contributed by atoms with Crippen LogP contribution >= 0.6 is 0 Å². The fraction of sp³-hybridized carbons (Fsp3) is 0.0769. The van der Waals surface area contributed by atoms with Gasteiger partial charge in [-0.05, 0) is 35.9 Å². The van der Waals surface area contributed by atoms with E-state index < -0.39 is 0 Å². The number of nitrogens with zero attached hydrogens (tertiary/aromatic N) is 4. The van der Waals surface area contributed by atoms with Crippen molar-refractivity contribution in [1.29, 1.82) is 5.41 Å². The zero-order valence-electron chi connectivity index (χ0n) is 18.7. The molecule has 0 unspecified atom stereocenters. The van der Waals surface area contributed by atoms with E-state index in [0.29, 0.717) is 22.5 Å². The predicted octanol–water partition coefficient (Wildman–Crippen LogP) is 4.89. The molecule has 0 spiro atoms. The number of halogens is 1. The molecule has 5 rings (SSSR count). The number of aromatic amines is 1. The molecule has 0 atom stereocenters. The van der Waals surface area contributed by atoms with E-state index in [4.69, 9.17) is 11.1 Å². The third-order valence-electron chi connectivity index (χ3n) is 5.65. The fourth-order valence-electron chi connectivity index (χ4n) is 3.83. The predicted molar refractivity (Wildman–Crippen MR) is 134 cm³/mol. The van der Waals surface area contributed by atoms with Crippen molar-refractivity contribution in [3.63, 3.8) is 0 Å². The molecule has 0 aliphatic carbocycles. The second-order valence-electron chi connectivity index (χ2n) is 8.16. The molecule has 0 amide bonds. The summed E-state index contributed by atoms with van der Waals surface area (Å²) in [6.07, 6.45) is 5.20. The maximum atomic E-state index is 13.8. The first-order valence-electron chi connectivity index (χ1n) is 10.6. The fourth-order valence-corrected chi connectivity index (χ4v) is 3.83. The lowest BCUT2D eigenvalue weighted by Crippen LogP contribution is -2.10. The monoisotopic (exact) mass is 451 g/mol. The van der Waals surface area contributed by atoms with Gasteiger partial charge in [0.1, 0.15) is 17.3 Å². The molecule has 7 nitrogen and oxygen atoms in total. The second kappa shape index (κ2) is 8.40. The highest BCUT2D eigenvalue weighted by molar-refractivity contribution is 6.13. The van der Waals surface area contributed by atoms with Crippen LogP contribution in [0.2, 0.25) is 0 Å². The molecule has 0 radical (unpaired) electrons. The molecule has 2 aromatic carbocycles. The van der Waals surface area contributed by atoms with Gasteiger partial charge in [-0.3, -0.25) is 10.4 Å². The number of hydrogen-bond donors (Lipinski definition) is 3. The zero-order valence-corrected chi connectivity index (χ0v) is 18.7. The lowest BCUT2D eigenvalue weighted by Gasteiger charge is -2.13. The number of imidazole rings is 1. The molecule has 0 saturated heterocycles. The number of anilines is 2. The smallest absolute Gasteiger partial charge is 0.157 e. The average molecular weight is 452 g/mol. The molecule has 34 heavy (non-hydrogen) atoms. The summed E-state index contributed by atoms with van der Waals surface area (Å²) in [6.45, 7) is 0. The van der Waals surface area contributed by atoms with Crippen LogP contribution in [0.1, 0.15) is 11.4 Å². The summed E-state index contributed by atoms with van der Waals surface area (Å²) in [4.78, 5) is 18.5. The van der Waals surface area contributed by atoms with Gasteiger partial charge in [-0.25, -0.2) is 14.4 Å². The van der Waals surface area contributed by atoms with Crippen molar-refractivity contribution >= 4 is 28.3 Å². The maximum Gasteiger partial charge on any atom is 0.157 e. The summed E-state index contributed by atoms with van der Waals surface area (Å²) in [5, 5.41) is 8.83. The molecule has 168 valence electrons. The topological polar surface area (TPSA) is 108 Å². The van der Waals surface area contributed by atoms with Crippen molar-refractivity contribution in [3.05, 3.63) is 90.4 Å². The van der Waals surface area contributed by atoms with E-state index >= 15 is 0 Å². The van der Waals surface area contributed by atoms with Crippen molar-refractivity contribution < 1.29 is 4.39 Å². The van der Waals surface area contributed by atoms with Gasteiger partial charge in [0.05, 0.1) is 22.9 Å². The van der Waals surface area contributed by atoms with Gasteiger partial charge in [-0.1, -0.05) is 24.3 Å². The Morgan fingerprint density at radius 3 is 2.56 bits per heavy atom. The summed E-state index contributed by atoms with van der Waals surface area (Å²) in [7, 11) is 3.89. The highest BCUT2D eigenvalue weighted by Crippen LogP contribution is 2.29. The van der Waals surface area contributed by atoms with Crippen molar-refractivity contribution in [2.45, 2.75) is 0 Å². The maximum absolute atomic E-state index is 13.8. The van der Waals surface area contributed by atoms with Crippen molar-refractivity contribution in [2.24, 2.45) is 0 Å². The van der Waals surface area contributed by atoms with Gasteiger partial charge in [0.2, 0.25) is 0 Å². The van der Waals surface area contributed by atoms with Crippen molar-refractivity contribution in [2.75, 3.05) is 24.7 Å². The molecular weight excluding hydrogens is 429 g/mol. The van der Waals surface area contributed by atoms with Gasteiger partial charge in [0.15, 0.2) is 5.82 Å². The van der Waals surface area contributed by atoms with Crippen LogP contribution in [-0.4, -0.2) is 39.7 Å². The Bertz CT molecular complexity index is 1540. The van der Waals surface area contributed by atoms with E-state index in [1.807, 2.05) is 55.4 Å². The van der Waals surface area contributed by atoms with Crippen LogP contribution in [0.4, 0.5) is 15.9 Å². The first-order valence-corrected chi connectivity index (χ1v) is 10.6. The van der Waals surface area contributed by atoms with E-state index in [0.717, 1.165) is 27.9 Å². The highest BCUT2D eigenvalue weighted by Gasteiger charge is 2.17. The minimum absolute atomic E-state index is 0.116. The Balaban J connectivity index is 1.56. The Hall–Kier alpha value is -4.59. The normalized spacial score (nSPS) is 11.0. The first kappa shape index (κ1) is 21.3. The average Bonchev–Trinajstić information content (AvgIpc) is 3.28. The number of aromatic nitrogens is 4. The number of pyridine rings is 2. The van der Waals surface area contributed by atoms with Crippen LogP contribution in [0.3, 0.4) is 0 Å². The number of nitrogens with one attached hydrogen (secondary N) is 2. The van der Waals surface area contributed by atoms with Gasteiger partial charge in [-0.2, -0.15) is 0 Å². The Morgan fingerprint density at radius 1 is 0.971 bits per heavy atom. The number of hydrogen-bond acceptors (Lipinski definition) is 6. The minimum Gasteiger partial charge on any atom is -0.383 e. The number of para-hydroxylation sites is 1. The molecule has 3 heterocycles. The van der Waals surface area contributed by atoms with Crippen LogP contribution in [0, 0.1) is 11.2 Å². The van der Waals surface area contributed by atoms with Gasteiger partial charge < -0.3 is 15.6 Å². The third-order valence-corrected chi connectivity index (χ3v) is 5.65. The highest BCUT2D eigenvalue weighted by atomic mass is 19.1. The molecule has 5 aromatic rings. The molecule has 4 N–H and O–H groups in total. The van der Waals surface area contributed by atoms with E-state index in [1.165, 1.54) is 12.1 Å². The number of nitrogens with two attached hydrogens (primary N) is 1. The Morgan fingerprint density at radius 2 is 1.76 bits per heavy atom. The van der Waals surface area contributed by atoms with E-state index in [1.54, 1.807) is 24.7 Å². The number of benzene rings is 2. The second-order valence-corrected chi connectivity index (χ2v) is 8.16. The molecular formula is C26H22FN7. The van der Waals surface area contributed by atoms with Crippen molar-refractivity contribution in [3.8, 4) is 22.3 Å². The van der Waals surface area contributed by atoms with Gasteiger partial charge >= 0.3 is 0 Å². The molecule has 0 aliphatic rings. The SMILES string of the molecule is CN(C)c1cncc(-c2cnc(N)c(C(=N)c3nc4c(-c5cccc(F)c5)cccc4[nH]3)c2)c1. The number of rotatable bonds is 5. The minimum atomic E-state index is -0.318. The molecule has 3 aromatic heterocycles. The Kier molecular flexibility index (Phi) is 5.25. The van der Waals surface area contributed by atoms with E-state index in [9.17, 15) is 4.39 Å². The molecule has 0 aliphatic heterocycles. The van der Waals surface area contributed by atoms with E-state index in [-0.39, 0.29) is 17.3 Å². The molecule has 0 fully saturated rings.